The first-order chi connectivity index (χ1) is 13.0. The average Bonchev–Trinajstić information content (AvgIpc) is 3.29. The molecule has 0 bridgehead atoms. The minimum absolute atomic E-state index is 0.776. The summed E-state index contributed by atoms with van der Waals surface area (Å²) in [7, 11) is 0. The Morgan fingerprint density at radius 1 is 0.778 bits per heavy atom. The van der Waals surface area contributed by atoms with Crippen LogP contribution in [0.2, 0.25) is 0 Å². The molecule has 0 aliphatic rings. The molecule has 5 heteroatoms. The van der Waals surface area contributed by atoms with Crippen LogP contribution in [0, 0.1) is 27.7 Å². The Labute approximate surface area is 159 Å². The van der Waals surface area contributed by atoms with Crippen LogP contribution in [0.5, 0.6) is 0 Å². The van der Waals surface area contributed by atoms with E-state index in [2.05, 4.69) is 74.3 Å². The van der Waals surface area contributed by atoms with Crippen molar-refractivity contribution >= 4 is 0 Å². The van der Waals surface area contributed by atoms with E-state index in [1.54, 1.807) is 17.2 Å². The SMILES string of the molecule is Cc1ccc(-n2ccc(Cc3cc(-n4nccn4)c(C)cc3C)n2)c(C)c1. The van der Waals surface area contributed by atoms with E-state index < -0.39 is 0 Å². The molecule has 0 amide bonds. The molecule has 0 N–H and O–H groups in total. The molecule has 136 valence electrons. The second-order valence-electron chi connectivity index (χ2n) is 7.10. The number of hydrogen-bond donors (Lipinski definition) is 0. The maximum atomic E-state index is 4.80. The summed E-state index contributed by atoms with van der Waals surface area (Å²) in [6, 6.07) is 12.9. The molecule has 2 aromatic carbocycles. The first-order valence-corrected chi connectivity index (χ1v) is 9.10. The van der Waals surface area contributed by atoms with Gasteiger partial charge in [0.25, 0.3) is 0 Å². The van der Waals surface area contributed by atoms with Gasteiger partial charge in [-0.2, -0.15) is 20.1 Å². The summed E-state index contributed by atoms with van der Waals surface area (Å²) in [6.45, 7) is 8.46. The van der Waals surface area contributed by atoms with E-state index in [-0.39, 0.29) is 0 Å². The largest absolute Gasteiger partial charge is 0.240 e. The van der Waals surface area contributed by atoms with E-state index in [9.17, 15) is 0 Å². The summed E-state index contributed by atoms with van der Waals surface area (Å²) in [5.41, 5.74) is 9.31. The van der Waals surface area contributed by atoms with Gasteiger partial charge >= 0.3 is 0 Å². The molecule has 2 heterocycles. The van der Waals surface area contributed by atoms with E-state index >= 15 is 0 Å². The molecule has 0 saturated carbocycles. The van der Waals surface area contributed by atoms with Gasteiger partial charge in [-0.3, -0.25) is 0 Å². The van der Waals surface area contributed by atoms with Crippen molar-refractivity contribution in [3.8, 4) is 11.4 Å². The number of rotatable bonds is 4. The van der Waals surface area contributed by atoms with Crippen LogP contribution in [0.25, 0.3) is 11.4 Å². The molecular weight excluding hydrogens is 334 g/mol. The van der Waals surface area contributed by atoms with Crippen LogP contribution >= 0.6 is 0 Å². The van der Waals surface area contributed by atoms with Crippen molar-refractivity contribution in [3.63, 3.8) is 0 Å². The maximum Gasteiger partial charge on any atom is 0.0888 e. The summed E-state index contributed by atoms with van der Waals surface area (Å²) in [5.74, 6) is 0. The van der Waals surface area contributed by atoms with Gasteiger partial charge in [-0.15, -0.1) is 0 Å². The highest BCUT2D eigenvalue weighted by atomic mass is 15.5. The van der Waals surface area contributed by atoms with Crippen LogP contribution in [-0.2, 0) is 6.42 Å². The molecule has 27 heavy (non-hydrogen) atoms. The fourth-order valence-corrected chi connectivity index (χ4v) is 3.48. The standard InChI is InChI=1S/C22H23N5/c1-15-5-6-21(17(3)11-15)26-10-7-20(25-26)13-19-14-22(18(4)12-16(19)2)27-23-8-9-24-27/h5-12,14H,13H2,1-4H3. The van der Waals surface area contributed by atoms with Gasteiger partial charge in [-0.25, -0.2) is 4.68 Å². The van der Waals surface area contributed by atoms with E-state index in [0.717, 1.165) is 29.1 Å². The number of benzene rings is 2. The quantitative estimate of drug-likeness (QED) is 0.548. The Balaban J connectivity index is 1.65. The minimum atomic E-state index is 0.776. The van der Waals surface area contributed by atoms with Crippen LogP contribution in [0.3, 0.4) is 0 Å². The van der Waals surface area contributed by atoms with Crippen molar-refractivity contribution in [1.29, 1.82) is 0 Å². The van der Waals surface area contributed by atoms with Gasteiger partial charge in [0, 0.05) is 12.6 Å². The topological polar surface area (TPSA) is 48.5 Å². The zero-order chi connectivity index (χ0) is 19.0. The van der Waals surface area contributed by atoms with E-state index in [1.807, 2.05) is 10.9 Å². The van der Waals surface area contributed by atoms with E-state index in [1.165, 1.54) is 22.3 Å². The molecule has 2 aromatic heterocycles. The van der Waals surface area contributed by atoms with Crippen molar-refractivity contribution in [2.45, 2.75) is 34.1 Å². The Morgan fingerprint density at radius 3 is 2.26 bits per heavy atom. The molecule has 0 saturated heterocycles. The van der Waals surface area contributed by atoms with Crippen LogP contribution in [-0.4, -0.2) is 24.8 Å². The van der Waals surface area contributed by atoms with Crippen molar-refractivity contribution in [2.24, 2.45) is 0 Å². The Hall–Kier alpha value is -3.21. The third-order valence-electron chi connectivity index (χ3n) is 4.90. The first-order valence-electron chi connectivity index (χ1n) is 9.10. The summed E-state index contributed by atoms with van der Waals surface area (Å²) < 4.78 is 1.96. The van der Waals surface area contributed by atoms with Crippen LogP contribution in [0.1, 0.15) is 33.5 Å². The highest BCUT2D eigenvalue weighted by Crippen LogP contribution is 2.22. The monoisotopic (exact) mass is 357 g/mol. The lowest BCUT2D eigenvalue weighted by molar-refractivity contribution is 0.745. The highest BCUT2D eigenvalue weighted by molar-refractivity contribution is 5.47. The van der Waals surface area contributed by atoms with Gasteiger partial charge in [0.2, 0.25) is 0 Å². The van der Waals surface area contributed by atoms with Crippen molar-refractivity contribution in [1.82, 2.24) is 24.8 Å². The lowest BCUT2D eigenvalue weighted by Gasteiger charge is -2.11. The third-order valence-corrected chi connectivity index (χ3v) is 4.90. The smallest absolute Gasteiger partial charge is 0.0888 e. The van der Waals surface area contributed by atoms with Gasteiger partial charge in [0.15, 0.2) is 0 Å². The van der Waals surface area contributed by atoms with Crippen LogP contribution < -0.4 is 0 Å². The van der Waals surface area contributed by atoms with Crippen molar-refractivity contribution in [3.05, 3.63) is 88.5 Å². The zero-order valence-electron chi connectivity index (χ0n) is 16.1. The van der Waals surface area contributed by atoms with Crippen molar-refractivity contribution < 1.29 is 0 Å². The lowest BCUT2D eigenvalue weighted by atomic mass is 10.00. The average molecular weight is 357 g/mol. The van der Waals surface area contributed by atoms with Gasteiger partial charge < -0.3 is 0 Å². The van der Waals surface area contributed by atoms with E-state index in [0.29, 0.717) is 0 Å². The zero-order valence-corrected chi connectivity index (χ0v) is 16.1. The summed E-state index contributed by atoms with van der Waals surface area (Å²) >= 11 is 0. The molecule has 0 aliphatic heterocycles. The molecule has 0 atom stereocenters. The molecule has 0 aliphatic carbocycles. The molecule has 0 fully saturated rings. The van der Waals surface area contributed by atoms with Gasteiger partial charge in [0.05, 0.1) is 29.5 Å². The second kappa shape index (κ2) is 6.83. The summed E-state index contributed by atoms with van der Waals surface area (Å²) in [4.78, 5) is 1.67. The lowest BCUT2D eigenvalue weighted by Crippen LogP contribution is -2.04. The molecule has 0 radical (unpaired) electrons. The Kier molecular flexibility index (Phi) is 4.36. The number of hydrogen-bond acceptors (Lipinski definition) is 3. The van der Waals surface area contributed by atoms with E-state index in [4.69, 9.17) is 5.10 Å². The summed E-state index contributed by atoms with van der Waals surface area (Å²) in [6.07, 6.45) is 6.21. The number of aromatic nitrogens is 5. The molecule has 4 aromatic rings. The minimum Gasteiger partial charge on any atom is -0.240 e. The fraction of sp³-hybridized carbons (Fsp3) is 0.227. The van der Waals surface area contributed by atoms with Gasteiger partial charge in [-0.1, -0.05) is 23.8 Å². The molecule has 0 unspecified atom stereocenters. The summed E-state index contributed by atoms with van der Waals surface area (Å²) in [5, 5.41) is 13.3. The fourth-order valence-electron chi connectivity index (χ4n) is 3.48. The van der Waals surface area contributed by atoms with Crippen molar-refractivity contribution in [2.75, 3.05) is 0 Å². The molecule has 0 spiro atoms. The number of nitrogens with zero attached hydrogens (tertiary/aromatic N) is 5. The highest BCUT2D eigenvalue weighted by Gasteiger charge is 2.11. The van der Waals surface area contributed by atoms with Crippen LogP contribution in [0.4, 0.5) is 0 Å². The van der Waals surface area contributed by atoms with Gasteiger partial charge in [-0.05, 0) is 68.1 Å². The predicted molar refractivity (Wildman–Crippen MR) is 107 cm³/mol. The normalized spacial score (nSPS) is 11.1. The molecule has 4 rings (SSSR count). The second-order valence-corrected chi connectivity index (χ2v) is 7.10. The Morgan fingerprint density at radius 2 is 1.52 bits per heavy atom. The Bertz CT molecular complexity index is 1090. The first kappa shape index (κ1) is 17.2. The maximum absolute atomic E-state index is 4.80. The predicted octanol–water partition coefficient (Wildman–Crippen LogP) is 4.28. The van der Waals surface area contributed by atoms with Crippen LogP contribution in [0.15, 0.2) is 55.0 Å². The third kappa shape index (κ3) is 3.40. The molecule has 5 nitrogen and oxygen atoms in total. The molecular formula is C22H23N5. The number of aryl methyl sites for hydroxylation is 4. The van der Waals surface area contributed by atoms with Gasteiger partial charge in [0.1, 0.15) is 0 Å².